The van der Waals surface area contributed by atoms with E-state index in [-0.39, 0.29) is 11.8 Å². The van der Waals surface area contributed by atoms with Gasteiger partial charge in [-0.2, -0.15) is 0 Å². The summed E-state index contributed by atoms with van der Waals surface area (Å²) >= 11 is 9.15. The number of halogens is 2. The van der Waals surface area contributed by atoms with Crippen LogP contribution in [0.25, 0.3) is 0 Å². The fourth-order valence-electron chi connectivity index (χ4n) is 2.15. The lowest BCUT2D eigenvalue weighted by atomic mass is 10.2. The molecule has 20 heavy (non-hydrogen) atoms. The SMILES string of the molecule is O=C(NCCC(=O)N1CCCC1)c1ccc(Cl)c(Br)c1. The number of nitrogens with one attached hydrogen (secondary N) is 1. The molecule has 2 rings (SSSR count). The zero-order chi connectivity index (χ0) is 14.5. The molecule has 1 saturated heterocycles. The summed E-state index contributed by atoms with van der Waals surface area (Å²) in [5, 5.41) is 3.31. The highest BCUT2D eigenvalue weighted by molar-refractivity contribution is 9.10. The molecule has 1 N–H and O–H groups in total. The summed E-state index contributed by atoms with van der Waals surface area (Å²) in [5.41, 5.74) is 0.523. The van der Waals surface area contributed by atoms with Gasteiger partial charge in [-0.3, -0.25) is 9.59 Å². The molecular formula is C14H16BrClN2O2. The minimum atomic E-state index is -0.198. The highest BCUT2D eigenvalue weighted by atomic mass is 79.9. The summed E-state index contributed by atoms with van der Waals surface area (Å²) in [6.07, 6.45) is 2.51. The first-order valence-corrected chi connectivity index (χ1v) is 7.76. The van der Waals surface area contributed by atoms with Crippen LogP contribution in [0.1, 0.15) is 29.6 Å². The van der Waals surface area contributed by atoms with Gasteiger partial charge in [-0.15, -0.1) is 0 Å². The average Bonchev–Trinajstić information content (AvgIpc) is 2.95. The molecule has 0 aromatic heterocycles. The molecule has 1 fully saturated rings. The Balaban J connectivity index is 1.79. The van der Waals surface area contributed by atoms with Crippen molar-refractivity contribution in [2.45, 2.75) is 19.3 Å². The molecule has 108 valence electrons. The van der Waals surface area contributed by atoms with E-state index in [1.807, 2.05) is 4.90 Å². The summed E-state index contributed by atoms with van der Waals surface area (Å²) in [6, 6.07) is 4.99. The highest BCUT2D eigenvalue weighted by Crippen LogP contribution is 2.23. The molecule has 0 bridgehead atoms. The fourth-order valence-corrected chi connectivity index (χ4v) is 2.64. The van der Waals surface area contributed by atoms with Gasteiger partial charge in [0.15, 0.2) is 0 Å². The minimum Gasteiger partial charge on any atom is -0.352 e. The monoisotopic (exact) mass is 358 g/mol. The molecule has 0 atom stereocenters. The van der Waals surface area contributed by atoms with Gasteiger partial charge >= 0.3 is 0 Å². The topological polar surface area (TPSA) is 49.4 Å². The summed E-state index contributed by atoms with van der Waals surface area (Å²) in [5.74, 6) is -0.0864. The lowest BCUT2D eigenvalue weighted by molar-refractivity contribution is -0.129. The van der Waals surface area contributed by atoms with Crippen molar-refractivity contribution in [3.63, 3.8) is 0 Å². The van der Waals surface area contributed by atoms with Gasteiger partial charge in [0.1, 0.15) is 0 Å². The smallest absolute Gasteiger partial charge is 0.251 e. The van der Waals surface area contributed by atoms with E-state index in [0.29, 0.717) is 28.0 Å². The number of hydrogen-bond acceptors (Lipinski definition) is 2. The van der Waals surface area contributed by atoms with Gasteiger partial charge in [-0.25, -0.2) is 0 Å². The molecule has 0 saturated carbocycles. The predicted octanol–water partition coefficient (Wildman–Crippen LogP) is 2.84. The Morgan fingerprint density at radius 2 is 2.00 bits per heavy atom. The van der Waals surface area contributed by atoms with Crippen LogP contribution in [0.15, 0.2) is 22.7 Å². The van der Waals surface area contributed by atoms with Crippen LogP contribution < -0.4 is 5.32 Å². The molecule has 6 heteroatoms. The highest BCUT2D eigenvalue weighted by Gasteiger charge is 2.17. The van der Waals surface area contributed by atoms with Crippen LogP contribution in [0.5, 0.6) is 0 Å². The number of carbonyl (C=O) groups is 2. The maximum absolute atomic E-state index is 11.9. The van der Waals surface area contributed by atoms with Gasteiger partial charge < -0.3 is 10.2 Å². The molecule has 0 aliphatic carbocycles. The van der Waals surface area contributed by atoms with E-state index >= 15 is 0 Å². The largest absolute Gasteiger partial charge is 0.352 e. The lowest BCUT2D eigenvalue weighted by Crippen LogP contribution is -2.32. The van der Waals surface area contributed by atoms with E-state index in [1.165, 1.54) is 0 Å². The third kappa shape index (κ3) is 3.96. The molecular weight excluding hydrogens is 344 g/mol. The minimum absolute atomic E-state index is 0.111. The Bertz CT molecular complexity index is 516. The first-order chi connectivity index (χ1) is 9.58. The summed E-state index contributed by atoms with van der Waals surface area (Å²) < 4.78 is 0.681. The standard InChI is InChI=1S/C14H16BrClN2O2/c15-11-9-10(3-4-12(11)16)14(20)17-6-5-13(19)18-7-1-2-8-18/h3-4,9H,1-2,5-8H2,(H,17,20). The number of amides is 2. The molecule has 1 aromatic rings. The molecule has 4 nitrogen and oxygen atoms in total. The third-order valence-corrected chi connectivity index (χ3v) is 4.48. The van der Waals surface area contributed by atoms with Crippen LogP contribution in [0, 0.1) is 0 Å². The number of nitrogens with zero attached hydrogens (tertiary/aromatic N) is 1. The second kappa shape index (κ2) is 7.09. The van der Waals surface area contributed by atoms with Crippen molar-refractivity contribution in [2.75, 3.05) is 19.6 Å². The van der Waals surface area contributed by atoms with Gasteiger partial charge in [-0.1, -0.05) is 11.6 Å². The van der Waals surface area contributed by atoms with Crippen LogP contribution >= 0.6 is 27.5 Å². The van der Waals surface area contributed by atoms with E-state index < -0.39 is 0 Å². The van der Waals surface area contributed by atoms with Crippen molar-refractivity contribution >= 4 is 39.3 Å². The Morgan fingerprint density at radius 3 is 2.65 bits per heavy atom. The van der Waals surface area contributed by atoms with Gasteiger partial charge in [0.25, 0.3) is 5.91 Å². The second-order valence-corrected chi connectivity index (χ2v) is 5.98. The van der Waals surface area contributed by atoms with Crippen molar-refractivity contribution in [1.29, 1.82) is 0 Å². The number of likely N-dealkylation sites (tertiary alicyclic amines) is 1. The van der Waals surface area contributed by atoms with E-state index in [2.05, 4.69) is 21.2 Å². The Morgan fingerprint density at radius 1 is 1.30 bits per heavy atom. The Labute approximate surface area is 131 Å². The quantitative estimate of drug-likeness (QED) is 0.898. The predicted molar refractivity (Wildman–Crippen MR) is 81.9 cm³/mol. The van der Waals surface area contributed by atoms with Crippen molar-refractivity contribution in [3.8, 4) is 0 Å². The number of benzene rings is 1. The zero-order valence-corrected chi connectivity index (χ0v) is 13.3. The zero-order valence-electron chi connectivity index (χ0n) is 11.0. The summed E-state index contributed by atoms with van der Waals surface area (Å²) in [7, 11) is 0. The number of hydrogen-bond donors (Lipinski definition) is 1. The molecule has 1 heterocycles. The summed E-state index contributed by atoms with van der Waals surface area (Å²) in [4.78, 5) is 25.6. The molecule has 1 aliphatic rings. The Hall–Kier alpha value is -1.07. The lowest BCUT2D eigenvalue weighted by Gasteiger charge is -2.15. The van der Waals surface area contributed by atoms with Gasteiger partial charge in [0, 0.05) is 36.1 Å². The maximum Gasteiger partial charge on any atom is 0.251 e. The van der Waals surface area contributed by atoms with Crippen molar-refractivity contribution < 1.29 is 9.59 Å². The van der Waals surface area contributed by atoms with Crippen LogP contribution in [0.3, 0.4) is 0 Å². The van der Waals surface area contributed by atoms with Crippen molar-refractivity contribution in [1.82, 2.24) is 10.2 Å². The van der Waals surface area contributed by atoms with Gasteiger partial charge in [0.2, 0.25) is 5.91 Å². The number of rotatable bonds is 4. The van der Waals surface area contributed by atoms with Gasteiger partial charge in [-0.05, 0) is 47.0 Å². The van der Waals surface area contributed by atoms with E-state index in [1.54, 1.807) is 18.2 Å². The second-order valence-electron chi connectivity index (χ2n) is 4.72. The molecule has 0 radical (unpaired) electrons. The molecule has 1 aromatic carbocycles. The molecule has 0 unspecified atom stereocenters. The van der Waals surface area contributed by atoms with Crippen LogP contribution in [0.4, 0.5) is 0 Å². The number of carbonyl (C=O) groups excluding carboxylic acids is 2. The van der Waals surface area contributed by atoms with E-state index in [9.17, 15) is 9.59 Å². The first-order valence-electron chi connectivity index (χ1n) is 6.59. The van der Waals surface area contributed by atoms with Crippen molar-refractivity contribution in [2.24, 2.45) is 0 Å². The average molecular weight is 360 g/mol. The normalized spacial score (nSPS) is 14.4. The van der Waals surface area contributed by atoms with E-state index in [0.717, 1.165) is 25.9 Å². The summed E-state index contributed by atoms with van der Waals surface area (Å²) in [6.45, 7) is 2.04. The molecule has 2 amide bonds. The first kappa shape index (κ1) is 15.3. The van der Waals surface area contributed by atoms with Crippen LogP contribution in [-0.4, -0.2) is 36.3 Å². The molecule has 0 spiro atoms. The molecule has 1 aliphatic heterocycles. The van der Waals surface area contributed by atoms with E-state index in [4.69, 9.17) is 11.6 Å². The Kier molecular flexibility index (Phi) is 5.43. The van der Waals surface area contributed by atoms with Crippen molar-refractivity contribution in [3.05, 3.63) is 33.3 Å². The van der Waals surface area contributed by atoms with Gasteiger partial charge in [0.05, 0.1) is 5.02 Å². The van der Waals surface area contributed by atoms with Crippen LogP contribution in [-0.2, 0) is 4.79 Å². The third-order valence-electron chi connectivity index (χ3n) is 3.26. The fraction of sp³-hybridized carbons (Fsp3) is 0.429. The van der Waals surface area contributed by atoms with Crippen LogP contribution in [0.2, 0.25) is 5.02 Å². The maximum atomic E-state index is 11.9.